The molecule has 0 bridgehead atoms. The smallest absolute Gasteiger partial charge is 0.315 e. The monoisotopic (exact) mass is 300 g/mol. The van der Waals surface area contributed by atoms with Gasteiger partial charge in [0.2, 0.25) is 0 Å². The molecule has 0 atom stereocenters. The summed E-state index contributed by atoms with van der Waals surface area (Å²) in [5.41, 5.74) is -1.75. The third kappa shape index (κ3) is 2.70. The van der Waals surface area contributed by atoms with Crippen LogP contribution in [0.3, 0.4) is 0 Å². The largest absolute Gasteiger partial charge is 0.522 e. The quantitative estimate of drug-likeness (QED) is 0.594. The summed E-state index contributed by atoms with van der Waals surface area (Å²) in [6.07, 6.45) is 0. The molecule has 104 valence electrons. The Morgan fingerprint density at radius 1 is 1.06 bits per heavy atom. The Morgan fingerprint density at radius 2 is 1.44 bits per heavy atom. The third-order valence-corrected chi connectivity index (χ3v) is 7.37. The van der Waals surface area contributed by atoms with Crippen molar-refractivity contribution in [2.24, 2.45) is 0 Å². The first-order valence-corrected chi connectivity index (χ1v) is 8.10. The molecule has 0 saturated heterocycles. The van der Waals surface area contributed by atoms with E-state index in [-0.39, 0.29) is 5.54 Å². The van der Waals surface area contributed by atoms with Crippen molar-refractivity contribution in [3.63, 3.8) is 0 Å². The Kier molecular flexibility index (Phi) is 4.14. The molecule has 0 aromatic carbocycles. The molecule has 0 aliphatic heterocycles. The summed E-state index contributed by atoms with van der Waals surface area (Å²) in [4.78, 5) is 0. The molecule has 0 aromatic heterocycles. The Morgan fingerprint density at radius 3 is 1.78 bits per heavy atom. The highest BCUT2D eigenvalue weighted by Crippen LogP contribution is 2.40. The van der Waals surface area contributed by atoms with Crippen LogP contribution in [0.15, 0.2) is 22.3 Å². The van der Waals surface area contributed by atoms with E-state index in [1.165, 1.54) is 0 Å². The zero-order valence-corrected chi connectivity index (χ0v) is 12.8. The topological polar surface area (TPSA) is 43.4 Å². The molecule has 1 rings (SSSR count). The van der Waals surface area contributed by atoms with E-state index in [1.807, 2.05) is 13.8 Å². The van der Waals surface area contributed by atoms with E-state index >= 15 is 0 Å². The van der Waals surface area contributed by atoms with Gasteiger partial charge in [-0.3, -0.25) is 0 Å². The van der Waals surface area contributed by atoms with Gasteiger partial charge in [-0.25, -0.2) is 0 Å². The second kappa shape index (κ2) is 4.82. The molecule has 3 nitrogen and oxygen atoms in total. The normalized spacial score (nSPS) is 19.7. The van der Waals surface area contributed by atoms with Gasteiger partial charge in [-0.1, -0.05) is 11.1 Å². The Balaban J connectivity index is 2.85. The van der Waals surface area contributed by atoms with Gasteiger partial charge in [-0.2, -0.15) is 21.6 Å². The van der Waals surface area contributed by atoms with Crippen LogP contribution in [0.5, 0.6) is 0 Å². The SMILES string of the molecule is CC1=C(C)C([SiH2]OS(=O)(=O)C(F)(F)F)C(C)=C1C. The lowest BCUT2D eigenvalue weighted by atomic mass is 10.1. The number of rotatable bonds is 3. The van der Waals surface area contributed by atoms with E-state index in [2.05, 4.69) is 3.87 Å². The van der Waals surface area contributed by atoms with Gasteiger partial charge in [0, 0.05) is 5.54 Å². The van der Waals surface area contributed by atoms with Gasteiger partial charge in [0.05, 0.1) is 0 Å². The first kappa shape index (κ1) is 15.5. The number of hydrogen-bond acceptors (Lipinski definition) is 3. The minimum atomic E-state index is -5.45. The average Bonchev–Trinajstić information content (AvgIpc) is 2.40. The highest BCUT2D eigenvalue weighted by atomic mass is 32.2. The molecular formula is C10H15F3O3SSi. The fourth-order valence-corrected chi connectivity index (χ4v) is 4.82. The molecule has 0 aromatic rings. The van der Waals surface area contributed by atoms with Gasteiger partial charge >= 0.3 is 15.6 Å². The molecule has 0 fully saturated rings. The molecule has 0 amide bonds. The fourth-order valence-electron chi connectivity index (χ4n) is 1.91. The molecule has 0 heterocycles. The van der Waals surface area contributed by atoms with Crippen molar-refractivity contribution in [2.45, 2.75) is 38.7 Å². The zero-order valence-electron chi connectivity index (χ0n) is 10.6. The van der Waals surface area contributed by atoms with Crippen LogP contribution >= 0.6 is 0 Å². The van der Waals surface area contributed by atoms with E-state index in [1.54, 1.807) is 13.8 Å². The van der Waals surface area contributed by atoms with E-state index in [4.69, 9.17) is 0 Å². The van der Waals surface area contributed by atoms with Crippen molar-refractivity contribution < 1.29 is 25.5 Å². The standard InChI is InChI=1S/C10H15F3O3SSi/c1-5-6(2)8(4)9(7(5)3)18-16-17(14,15)10(11,12)13/h9H,18H2,1-4H3. The van der Waals surface area contributed by atoms with Crippen molar-refractivity contribution in [3.8, 4) is 0 Å². The Labute approximate surface area is 107 Å². The lowest BCUT2D eigenvalue weighted by Gasteiger charge is -2.15. The Bertz CT molecular complexity index is 493. The van der Waals surface area contributed by atoms with Gasteiger partial charge in [0.15, 0.2) is 9.76 Å². The minimum Gasteiger partial charge on any atom is -0.315 e. The number of alkyl halides is 3. The molecule has 0 saturated carbocycles. The molecule has 18 heavy (non-hydrogen) atoms. The van der Waals surface area contributed by atoms with Crippen LogP contribution in [0.25, 0.3) is 0 Å². The van der Waals surface area contributed by atoms with Gasteiger partial charge in [-0.15, -0.1) is 0 Å². The van der Waals surface area contributed by atoms with Crippen LogP contribution in [-0.2, 0) is 14.0 Å². The summed E-state index contributed by atoms with van der Waals surface area (Å²) in [6, 6.07) is 0. The molecule has 1 aliphatic carbocycles. The molecule has 1 aliphatic rings. The van der Waals surface area contributed by atoms with E-state index in [9.17, 15) is 21.6 Å². The van der Waals surface area contributed by atoms with Crippen LogP contribution in [0.4, 0.5) is 13.2 Å². The van der Waals surface area contributed by atoms with Gasteiger partial charge in [0.25, 0.3) is 0 Å². The molecule has 0 spiro atoms. The van der Waals surface area contributed by atoms with Gasteiger partial charge in [0.1, 0.15) is 0 Å². The summed E-state index contributed by atoms with van der Waals surface area (Å²) in [7, 11) is -7.33. The second-order valence-corrected chi connectivity index (χ2v) is 7.82. The average molecular weight is 300 g/mol. The summed E-state index contributed by atoms with van der Waals surface area (Å²) in [5, 5.41) is 0. The van der Waals surface area contributed by atoms with Crippen molar-refractivity contribution in [3.05, 3.63) is 22.3 Å². The molecule has 8 heteroatoms. The van der Waals surface area contributed by atoms with Crippen molar-refractivity contribution in [1.29, 1.82) is 0 Å². The molecule has 0 radical (unpaired) electrons. The summed E-state index contributed by atoms with van der Waals surface area (Å²) < 4.78 is 62.3. The highest BCUT2D eigenvalue weighted by Gasteiger charge is 2.47. The lowest BCUT2D eigenvalue weighted by molar-refractivity contribution is -0.0499. The molecule has 0 unspecified atom stereocenters. The van der Waals surface area contributed by atoms with Crippen LogP contribution in [0, 0.1) is 0 Å². The Hall–Kier alpha value is -0.603. The van der Waals surface area contributed by atoms with E-state index in [0.717, 1.165) is 22.3 Å². The highest BCUT2D eigenvalue weighted by molar-refractivity contribution is 7.88. The van der Waals surface area contributed by atoms with Crippen molar-refractivity contribution in [2.75, 3.05) is 0 Å². The van der Waals surface area contributed by atoms with E-state index in [0.29, 0.717) is 0 Å². The van der Waals surface area contributed by atoms with Crippen molar-refractivity contribution in [1.82, 2.24) is 0 Å². The summed E-state index contributed by atoms with van der Waals surface area (Å²) >= 11 is 0. The maximum absolute atomic E-state index is 12.1. The maximum atomic E-state index is 12.1. The zero-order chi connectivity index (χ0) is 14.3. The van der Waals surface area contributed by atoms with E-state index < -0.39 is 25.4 Å². The maximum Gasteiger partial charge on any atom is 0.522 e. The number of allylic oxidation sites excluding steroid dienone is 4. The second-order valence-electron chi connectivity index (χ2n) is 4.35. The number of halogens is 3. The van der Waals surface area contributed by atoms with Crippen LogP contribution in [0.1, 0.15) is 27.7 Å². The third-order valence-electron chi connectivity index (χ3n) is 3.46. The lowest BCUT2D eigenvalue weighted by Crippen LogP contribution is -2.28. The van der Waals surface area contributed by atoms with Crippen LogP contribution in [-0.4, -0.2) is 23.7 Å². The van der Waals surface area contributed by atoms with Crippen molar-refractivity contribution >= 4 is 19.9 Å². The fraction of sp³-hybridized carbons (Fsp3) is 0.600. The summed E-state index contributed by atoms with van der Waals surface area (Å²) in [5.74, 6) is 0. The van der Waals surface area contributed by atoms with Gasteiger partial charge in [-0.05, 0) is 38.8 Å². The van der Waals surface area contributed by atoms with Gasteiger partial charge < -0.3 is 3.87 Å². The first-order valence-electron chi connectivity index (χ1n) is 5.30. The van der Waals surface area contributed by atoms with Crippen LogP contribution in [0.2, 0.25) is 5.54 Å². The molecule has 0 N–H and O–H groups in total. The van der Waals surface area contributed by atoms with Crippen LogP contribution < -0.4 is 0 Å². The number of hydrogen-bond donors (Lipinski definition) is 0. The summed E-state index contributed by atoms with van der Waals surface area (Å²) in [6.45, 7) is 7.36. The molecular weight excluding hydrogens is 285 g/mol. The minimum absolute atomic E-state index is 0.262. The predicted octanol–water partition coefficient (Wildman–Crippen LogP) is 2.41. The first-order chi connectivity index (χ1) is 7.99. The predicted molar refractivity (Wildman–Crippen MR) is 65.1 cm³/mol.